The minimum atomic E-state index is -5.32. The molecule has 1 aliphatic heterocycles. The molecule has 0 spiro atoms. The van der Waals surface area contributed by atoms with E-state index in [0.717, 1.165) is 4.90 Å². The lowest BCUT2D eigenvalue weighted by molar-refractivity contribution is -0.190. The highest BCUT2D eigenvalue weighted by molar-refractivity contribution is 6.14. The Balaban J connectivity index is 1.81. The van der Waals surface area contributed by atoms with Crippen molar-refractivity contribution in [3.63, 3.8) is 0 Å². The lowest BCUT2D eigenvalue weighted by Crippen LogP contribution is -2.66. The average molecular weight is 575 g/mol. The van der Waals surface area contributed by atoms with Gasteiger partial charge in [-0.1, -0.05) is 13.8 Å². The standard InChI is InChI=1S/C30H33F3N2O6/c1-17(2)41-20-9-7-19(8-10-20)26(37)34-29(30(31,32)33)25-23(14-28(3,4)15-24(25)36)35(27(29)38)16-18-11-21(39-5)13-22(12-18)40-6/h7-13,17H,14-16H2,1-6H3,(H,34,37)/t29-/m1/s1. The quantitative estimate of drug-likeness (QED) is 0.466. The van der Waals surface area contributed by atoms with E-state index in [1.54, 1.807) is 45.9 Å². The Morgan fingerprint density at radius 3 is 2.07 bits per heavy atom. The van der Waals surface area contributed by atoms with E-state index < -0.39 is 40.3 Å². The number of nitrogens with one attached hydrogen (secondary N) is 1. The maximum absolute atomic E-state index is 15.1. The zero-order valence-electron chi connectivity index (χ0n) is 23.8. The van der Waals surface area contributed by atoms with Crippen molar-refractivity contribution in [2.24, 2.45) is 5.41 Å². The molecular formula is C30H33F3N2O6. The van der Waals surface area contributed by atoms with Crippen LogP contribution in [-0.4, -0.2) is 54.5 Å². The Morgan fingerprint density at radius 2 is 1.56 bits per heavy atom. The molecule has 1 heterocycles. The topological polar surface area (TPSA) is 94.2 Å². The SMILES string of the molecule is COc1cc(CN2C(=O)[C@@](NC(=O)c3ccc(OC(C)C)cc3)(C(F)(F)F)C3=C2CC(C)(C)CC3=O)cc(OC)c1. The lowest BCUT2D eigenvalue weighted by Gasteiger charge is -2.35. The molecule has 0 fully saturated rings. The van der Waals surface area contributed by atoms with Crippen LogP contribution in [0.15, 0.2) is 53.7 Å². The predicted octanol–water partition coefficient (Wildman–Crippen LogP) is 5.21. The summed E-state index contributed by atoms with van der Waals surface area (Å²) < 4.78 is 61.5. The summed E-state index contributed by atoms with van der Waals surface area (Å²) >= 11 is 0. The fraction of sp³-hybridized carbons (Fsp3) is 0.433. The van der Waals surface area contributed by atoms with Gasteiger partial charge in [0.1, 0.15) is 17.2 Å². The number of nitrogens with zero attached hydrogens (tertiary/aromatic N) is 1. The first-order chi connectivity index (χ1) is 19.1. The average Bonchev–Trinajstić information content (AvgIpc) is 3.11. The van der Waals surface area contributed by atoms with E-state index in [2.05, 4.69) is 0 Å². The number of halogens is 3. The smallest absolute Gasteiger partial charge is 0.425 e. The van der Waals surface area contributed by atoms with Crippen molar-refractivity contribution in [1.29, 1.82) is 0 Å². The number of methoxy groups -OCH3 is 2. The van der Waals surface area contributed by atoms with Crippen LogP contribution in [0.2, 0.25) is 0 Å². The molecule has 11 heteroatoms. The molecule has 0 saturated heterocycles. The van der Waals surface area contributed by atoms with Crippen LogP contribution in [0.1, 0.15) is 56.5 Å². The summed E-state index contributed by atoms with van der Waals surface area (Å²) in [4.78, 5) is 41.6. The molecule has 8 nitrogen and oxygen atoms in total. The number of Topliss-reactive ketones (excluding diaryl/α,β-unsaturated/α-hetero) is 1. The zero-order chi connectivity index (χ0) is 30.3. The van der Waals surface area contributed by atoms with Crippen molar-refractivity contribution < 1.29 is 41.8 Å². The molecule has 2 aromatic rings. The third kappa shape index (κ3) is 5.62. The Bertz CT molecular complexity index is 1380. The minimum Gasteiger partial charge on any atom is -0.497 e. The van der Waals surface area contributed by atoms with Gasteiger partial charge in [-0.2, -0.15) is 13.2 Å². The van der Waals surface area contributed by atoms with Crippen molar-refractivity contribution in [2.75, 3.05) is 14.2 Å². The second-order valence-electron chi connectivity index (χ2n) is 11.3. The van der Waals surface area contributed by atoms with Crippen LogP contribution in [0.25, 0.3) is 0 Å². The predicted molar refractivity (Wildman–Crippen MR) is 144 cm³/mol. The molecule has 2 aliphatic rings. The Morgan fingerprint density at radius 1 is 0.976 bits per heavy atom. The van der Waals surface area contributed by atoms with Gasteiger partial charge in [-0.25, -0.2) is 0 Å². The van der Waals surface area contributed by atoms with Crippen LogP contribution in [0.4, 0.5) is 13.2 Å². The van der Waals surface area contributed by atoms with Gasteiger partial charge in [0.05, 0.1) is 32.4 Å². The van der Waals surface area contributed by atoms with Crippen molar-refractivity contribution in [2.45, 2.75) is 64.9 Å². The summed E-state index contributed by atoms with van der Waals surface area (Å²) in [6.45, 7) is 6.81. The molecule has 41 heavy (non-hydrogen) atoms. The van der Waals surface area contributed by atoms with Gasteiger partial charge in [-0.05, 0) is 67.6 Å². The van der Waals surface area contributed by atoms with Gasteiger partial charge in [0.15, 0.2) is 5.78 Å². The largest absolute Gasteiger partial charge is 0.497 e. The molecule has 0 saturated carbocycles. The van der Waals surface area contributed by atoms with Crippen LogP contribution in [0.5, 0.6) is 17.2 Å². The second kappa shape index (κ2) is 10.8. The third-order valence-corrected chi connectivity index (χ3v) is 7.09. The van der Waals surface area contributed by atoms with Gasteiger partial charge in [0.2, 0.25) is 5.54 Å². The number of carbonyl (C=O) groups excluding carboxylic acids is 3. The molecule has 2 aromatic carbocycles. The van der Waals surface area contributed by atoms with Gasteiger partial charge in [-0.15, -0.1) is 0 Å². The molecule has 220 valence electrons. The number of amides is 2. The van der Waals surface area contributed by atoms with Crippen LogP contribution < -0.4 is 19.5 Å². The first-order valence-electron chi connectivity index (χ1n) is 13.1. The molecule has 2 amide bonds. The summed E-state index contributed by atoms with van der Waals surface area (Å²) in [7, 11) is 2.85. The molecular weight excluding hydrogens is 541 g/mol. The van der Waals surface area contributed by atoms with Crippen molar-refractivity contribution >= 4 is 17.6 Å². The van der Waals surface area contributed by atoms with Gasteiger partial charge in [-0.3, -0.25) is 14.4 Å². The third-order valence-electron chi connectivity index (χ3n) is 7.09. The van der Waals surface area contributed by atoms with Gasteiger partial charge in [0, 0.05) is 23.7 Å². The van der Waals surface area contributed by atoms with Gasteiger partial charge < -0.3 is 24.4 Å². The number of ketones is 1. The second-order valence-corrected chi connectivity index (χ2v) is 11.3. The van der Waals surface area contributed by atoms with Crippen LogP contribution in [-0.2, 0) is 16.1 Å². The number of alkyl halides is 3. The minimum absolute atomic E-state index is 0.0237. The van der Waals surface area contributed by atoms with E-state index in [1.165, 1.54) is 38.5 Å². The van der Waals surface area contributed by atoms with Crippen LogP contribution in [0, 0.1) is 5.41 Å². The molecule has 1 N–H and O–H groups in total. The zero-order valence-corrected chi connectivity index (χ0v) is 23.8. The first kappa shape index (κ1) is 30.0. The molecule has 0 radical (unpaired) electrons. The summed E-state index contributed by atoms with van der Waals surface area (Å²) in [5.74, 6) is -2.26. The normalized spacial score (nSPS) is 20.3. The van der Waals surface area contributed by atoms with Crippen molar-refractivity contribution in [3.8, 4) is 17.2 Å². The van der Waals surface area contributed by atoms with E-state index in [0.29, 0.717) is 22.8 Å². The highest BCUT2D eigenvalue weighted by atomic mass is 19.4. The van der Waals surface area contributed by atoms with Crippen molar-refractivity contribution in [1.82, 2.24) is 10.2 Å². The monoisotopic (exact) mass is 574 g/mol. The fourth-order valence-corrected chi connectivity index (χ4v) is 5.33. The van der Waals surface area contributed by atoms with E-state index in [1.807, 2.05) is 5.32 Å². The first-order valence-corrected chi connectivity index (χ1v) is 13.1. The van der Waals surface area contributed by atoms with Crippen molar-refractivity contribution in [3.05, 3.63) is 64.9 Å². The molecule has 1 atom stereocenters. The van der Waals surface area contributed by atoms with Gasteiger partial charge in [0.25, 0.3) is 11.8 Å². The van der Waals surface area contributed by atoms with E-state index >= 15 is 13.2 Å². The van der Waals surface area contributed by atoms with Crippen LogP contribution in [0.3, 0.4) is 0 Å². The molecule has 0 bridgehead atoms. The van der Waals surface area contributed by atoms with E-state index in [9.17, 15) is 14.4 Å². The van der Waals surface area contributed by atoms with E-state index in [-0.39, 0.29) is 36.8 Å². The highest BCUT2D eigenvalue weighted by Gasteiger charge is 2.71. The Kier molecular flexibility index (Phi) is 7.86. The van der Waals surface area contributed by atoms with Gasteiger partial charge >= 0.3 is 6.18 Å². The maximum atomic E-state index is 15.1. The fourth-order valence-electron chi connectivity index (χ4n) is 5.33. The van der Waals surface area contributed by atoms with Crippen LogP contribution >= 0.6 is 0 Å². The number of carbonyl (C=O) groups is 3. The number of hydrogen-bond acceptors (Lipinski definition) is 6. The number of benzene rings is 2. The van der Waals surface area contributed by atoms with E-state index in [4.69, 9.17) is 14.2 Å². The molecule has 0 unspecified atom stereocenters. The Labute approximate surface area is 236 Å². The summed E-state index contributed by atoms with van der Waals surface area (Å²) in [5, 5.41) is 1.95. The molecule has 0 aromatic heterocycles. The highest BCUT2D eigenvalue weighted by Crippen LogP contribution is 2.52. The number of hydrogen-bond donors (Lipinski definition) is 1. The number of ether oxygens (including phenoxy) is 3. The number of allylic oxidation sites excluding steroid dienone is 1. The lowest BCUT2D eigenvalue weighted by atomic mass is 9.72. The maximum Gasteiger partial charge on any atom is 0.425 e. The molecule has 1 aliphatic carbocycles. The number of rotatable bonds is 8. The summed E-state index contributed by atoms with van der Waals surface area (Å²) in [6.07, 6.45) is -5.66. The Hall–Kier alpha value is -4.02. The summed E-state index contributed by atoms with van der Waals surface area (Å²) in [5.41, 5.74) is -4.77. The summed E-state index contributed by atoms with van der Waals surface area (Å²) in [6, 6.07) is 10.2. The molecule has 4 rings (SSSR count).